The molecule has 3 nitrogen and oxygen atoms in total. The maximum absolute atomic E-state index is 13.5. The molecule has 5 heteroatoms. The Hall–Kier alpha value is -1.33. The van der Waals surface area contributed by atoms with Crippen LogP contribution < -0.4 is 0 Å². The van der Waals surface area contributed by atoms with Crippen molar-refractivity contribution in [3.63, 3.8) is 0 Å². The van der Waals surface area contributed by atoms with Gasteiger partial charge in [-0.3, -0.25) is 9.69 Å². The number of ketones is 1. The van der Waals surface area contributed by atoms with Crippen LogP contribution in [-0.2, 0) is 0 Å². The number of aliphatic hydroxyl groups excluding tert-OH is 1. The van der Waals surface area contributed by atoms with Crippen molar-refractivity contribution < 1.29 is 18.7 Å². The van der Waals surface area contributed by atoms with Crippen molar-refractivity contribution in [2.45, 2.75) is 25.3 Å². The summed E-state index contributed by atoms with van der Waals surface area (Å²) in [5, 5.41) is 9.26. The van der Waals surface area contributed by atoms with Crippen LogP contribution in [0.3, 0.4) is 0 Å². The van der Waals surface area contributed by atoms with Gasteiger partial charge in [-0.2, -0.15) is 0 Å². The summed E-state index contributed by atoms with van der Waals surface area (Å²) in [6.07, 6.45) is 2.84. The van der Waals surface area contributed by atoms with Gasteiger partial charge < -0.3 is 5.11 Å². The molecule has 1 unspecified atom stereocenters. The van der Waals surface area contributed by atoms with Crippen molar-refractivity contribution in [2.75, 3.05) is 19.7 Å². The first-order chi connectivity index (χ1) is 9.11. The summed E-state index contributed by atoms with van der Waals surface area (Å²) in [4.78, 5) is 13.9. The fourth-order valence-corrected chi connectivity index (χ4v) is 2.46. The molecule has 104 valence electrons. The van der Waals surface area contributed by atoms with Gasteiger partial charge in [0.2, 0.25) is 0 Å². The summed E-state index contributed by atoms with van der Waals surface area (Å²) >= 11 is 0. The molecule has 1 aromatic carbocycles. The van der Waals surface area contributed by atoms with E-state index >= 15 is 0 Å². The lowest BCUT2D eigenvalue weighted by Gasteiger charge is -2.33. The molecule has 0 bridgehead atoms. The van der Waals surface area contributed by atoms with E-state index < -0.39 is 11.6 Å². The number of aliphatic hydroxyl groups is 1. The minimum Gasteiger partial charge on any atom is -0.395 e. The highest BCUT2D eigenvalue weighted by Gasteiger charge is 2.24. The zero-order chi connectivity index (χ0) is 13.8. The highest BCUT2D eigenvalue weighted by Crippen LogP contribution is 2.18. The average molecular weight is 269 g/mol. The standard InChI is InChI=1S/C14H17F2NO2/c15-10-4-5-12(13(16)7-10)14(19)8-17-6-2-1-3-11(17)9-18/h4-5,7,11,18H,1-3,6,8-9H2. The highest BCUT2D eigenvalue weighted by molar-refractivity contribution is 5.97. The van der Waals surface area contributed by atoms with Gasteiger partial charge in [0.1, 0.15) is 11.6 Å². The molecule has 2 rings (SSSR count). The Morgan fingerprint density at radius 2 is 2.16 bits per heavy atom. The molecule has 19 heavy (non-hydrogen) atoms. The van der Waals surface area contributed by atoms with Crippen LogP contribution in [0.1, 0.15) is 29.6 Å². The number of likely N-dealkylation sites (tertiary alicyclic amines) is 1. The zero-order valence-electron chi connectivity index (χ0n) is 10.6. The number of piperidine rings is 1. The lowest BCUT2D eigenvalue weighted by Crippen LogP contribution is -2.44. The maximum Gasteiger partial charge on any atom is 0.179 e. The first kappa shape index (κ1) is 14.1. The molecular formula is C14H17F2NO2. The molecule has 1 aliphatic heterocycles. The van der Waals surface area contributed by atoms with Gasteiger partial charge in [0.05, 0.1) is 18.7 Å². The van der Waals surface area contributed by atoms with E-state index in [2.05, 4.69) is 0 Å². The maximum atomic E-state index is 13.5. The van der Waals surface area contributed by atoms with Crippen LogP contribution in [0.4, 0.5) is 8.78 Å². The molecule has 1 heterocycles. The van der Waals surface area contributed by atoms with E-state index in [1.54, 1.807) is 0 Å². The third-order valence-corrected chi connectivity index (χ3v) is 3.54. The van der Waals surface area contributed by atoms with Gasteiger partial charge in [-0.25, -0.2) is 8.78 Å². The Labute approximate surface area is 110 Å². The second-order valence-corrected chi connectivity index (χ2v) is 4.85. The quantitative estimate of drug-likeness (QED) is 0.850. The van der Waals surface area contributed by atoms with Gasteiger partial charge >= 0.3 is 0 Å². The van der Waals surface area contributed by atoms with Gasteiger partial charge in [0.15, 0.2) is 5.78 Å². The van der Waals surface area contributed by atoms with Crippen LogP contribution in [0.25, 0.3) is 0 Å². The Kier molecular flexibility index (Phi) is 4.61. The molecule has 1 saturated heterocycles. The van der Waals surface area contributed by atoms with Crippen LogP contribution >= 0.6 is 0 Å². The fourth-order valence-electron chi connectivity index (χ4n) is 2.46. The van der Waals surface area contributed by atoms with E-state index in [0.717, 1.165) is 31.9 Å². The highest BCUT2D eigenvalue weighted by atomic mass is 19.1. The molecule has 1 aliphatic rings. The average Bonchev–Trinajstić information content (AvgIpc) is 2.39. The number of halogens is 2. The number of rotatable bonds is 4. The minimum absolute atomic E-state index is 0.000814. The van der Waals surface area contributed by atoms with Crippen molar-refractivity contribution >= 4 is 5.78 Å². The second-order valence-electron chi connectivity index (χ2n) is 4.85. The van der Waals surface area contributed by atoms with Crippen molar-refractivity contribution in [3.05, 3.63) is 35.4 Å². The minimum atomic E-state index is -0.831. The Bertz CT molecular complexity index is 465. The first-order valence-corrected chi connectivity index (χ1v) is 6.45. The summed E-state index contributed by atoms with van der Waals surface area (Å²) in [6.45, 7) is 0.784. The van der Waals surface area contributed by atoms with Crippen molar-refractivity contribution in [3.8, 4) is 0 Å². The number of carbonyl (C=O) groups excluding carboxylic acids is 1. The molecule has 1 atom stereocenters. The Balaban J connectivity index is 2.07. The van der Waals surface area contributed by atoms with E-state index in [9.17, 15) is 18.7 Å². The van der Waals surface area contributed by atoms with Crippen LogP contribution in [0.5, 0.6) is 0 Å². The first-order valence-electron chi connectivity index (χ1n) is 6.45. The molecule has 0 aromatic heterocycles. The molecule has 1 aromatic rings. The summed E-state index contributed by atoms with van der Waals surface area (Å²) in [5.74, 6) is -1.90. The van der Waals surface area contributed by atoms with E-state index in [1.807, 2.05) is 4.90 Å². The third-order valence-electron chi connectivity index (χ3n) is 3.54. The number of hydrogen-bond acceptors (Lipinski definition) is 3. The predicted octanol–water partition coefficient (Wildman–Crippen LogP) is 1.99. The molecule has 0 spiro atoms. The van der Waals surface area contributed by atoms with Crippen LogP contribution in [0, 0.1) is 11.6 Å². The largest absolute Gasteiger partial charge is 0.395 e. The summed E-state index contributed by atoms with van der Waals surface area (Å²) < 4.78 is 26.3. The molecule has 0 aliphatic carbocycles. The molecular weight excluding hydrogens is 252 g/mol. The van der Waals surface area contributed by atoms with Crippen LogP contribution in [0.2, 0.25) is 0 Å². The topological polar surface area (TPSA) is 40.5 Å². The van der Waals surface area contributed by atoms with Gasteiger partial charge in [-0.15, -0.1) is 0 Å². The molecule has 1 fully saturated rings. The monoisotopic (exact) mass is 269 g/mol. The number of Topliss-reactive ketones (excluding diaryl/α,β-unsaturated/α-hetero) is 1. The molecule has 1 N–H and O–H groups in total. The summed E-state index contributed by atoms with van der Waals surface area (Å²) in [6, 6.07) is 2.93. The predicted molar refractivity (Wildman–Crippen MR) is 67.0 cm³/mol. The van der Waals surface area contributed by atoms with Crippen molar-refractivity contribution in [1.82, 2.24) is 4.90 Å². The third kappa shape index (κ3) is 3.36. The Morgan fingerprint density at radius 1 is 1.37 bits per heavy atom. The number of hydrogen-bond donors (Lipinski definition) is 1. The van der Waals surface area contributed by atoms with Crippen LogP contribution in [-0.4, -0.2) is 41.5 Å². The Morgan fingerprint density at radius 3 is 2.84 bits per heavy atom. The van der Waals surface area contributed by atoms with Gasteiger partial charge in [0.25, 0.3) is 0 Å². The SMILES string of the molecule is O=C(CN1CCCCC1CO)c1ccc(F)cc1F. The number of benzene rings is 1. The lowest BCUT2D eigenvalue weighted by atomic mass is 10.0. The van der Waals surface area contributed by atoms with Gasteiger partial charge in [-0.1, -0.05) is 6.42 Å². The molecule has 0 amide bonds. The van der Waals surface area contributed by atoms with Crippen LogP contribution in [0.15, 0.2) is 18.2 Å². The zero-order valence-corrected chi connectivity index (χ0v) is 10.6. The smallest absolute Gasteiger partial charge is 0.179 e. The summed E-state index contributed by atoms with van der Waals surface area (Å²) in [7, 11) is 0. The van der Waals surface area contributed by atoms with E-state index in [4.69, 9.17) is 0 Å². The molecule has 0 radical (unpaired) electrons. The van der Waals surface area contributed by atoms with E-state index in [-0.39, 0.29) is 30.5 Å². The van der Waals surface area contributed by atoms with Gasteiger partial charge in [0, 0.05) is 12.1 Å². The fraction of sp³-hybridized carbons (Fsp3) is 0.500. The molecule has 0 saturated carbocycles. The second kappa shape index (κ2) is 6.21. The van der Waals surface area contributed by atoms with E-state index in [1.165, 1.54) is 6.07 Å². The van der Waals surface area contributed by atoms with Gasteiger partial charge in [-0.05, 0) is 31.5 Å². The normalized spacial score (nSPS) is 20.5. The number of nitrogens with zero attached hydrogens (tertiary/aromatic N) is 1. The number of carbonyl (C=O) groups is 1. The van der Waals surface area contributed by atoms with Crippen molar-refractivity contribution in [2.24, 2.45) is 0 Å². The lowest BCUT2D eigenvalue weighted by molar-refractivity contribution is 0.0708. The van der Waals surface area contributed by atoms with Crippen molar-refractivity contribution in [1.29, 1.82) is 0 Å². The van der Waals surface area contributed by atoms with E-state index in [0.29, 0.717) is 6.07 Å². The summed E-state index contributed by atoms with van der Waals surface area (Å²) in [5.41, 5.74) is -0.0938.